The first kappa shape index (κ1) is 12.8. The molecule has 1 amide bonds. The molecular formula is C13H19N3O2. The van der Waals surface area contributed by atoms with Crippen molar-refractivity contribution in [1.29, 1.82) is 0 Å². The van der Waals surface area contributed by atoms with Crippen molar-refractivity contribution in [2.75, 3.05) is 25.5 Å². The Balaban J connectivity index is 1.87. The van der Waals surface area contributed by atoms with Gasteiger partial charge in [-0.2, -0.15) is 0 Å². The predicted molar refractivity (Wildman–Crippen MR) is 69.6 cm³/mol. The zero-order valence-electron chi connectivity index (χ0n) is 10.8. The van der Waals surface area contributed by atoms with Crippen molar-refractivity contribution in [2.45, 2.75) is 19.4 Å². The summed E-state index contributed by atoms with van der Waals surface area (Å²) in [5, 5.41) is 5.85. The van der Waals surface area contributed by atoms with Gasteiger partial charge in [0.25, 0.3) is 5.91 Å². The van der Waals surface area contributed by atoms with Crippen molar-refractivity contribution in [1.82, 2.24) is 10.3 Å². The molecule has 0 saturated carbocycles. The molecule has 1 aromatic rings. The Kier molecular flexibility index (Phi) is 4.15. The molecule has 0 radical (unpaired) electrons. The Morgan fingerprint density at radius 2 is 2.39 bits per heavy atom. The summed E-state index contributed by atoms with van der Waals surface area (Å²) in [4.78, 5) is 16.0. The number of carbonyl (C=O) groups excluding carboxylic acids is 1. The van der Waals surface area contributed by atoms with Gasteiger partial charge in [0.2, 0.25) is 0 Å². The van der Waals surface area contributed by atoms with E-state index < -0.39 is 0 Å². The number of hydrogen-bond acceptors (Lipinski definition) is 4. The van der Waals surface area contributed by atoms with E-state index in [-0.39, 0.29) is 12.0 Å². The molecule has 1 aliphatic rings. The van der Waals surface area contributed by atoms with Crippen LogP contribution < -0.4 is 10.6 Å². The number of anilines is 1. The molecule has 5 heteroatoms. The number of carbonyl (C=O) groups is 1. The fourth-order valence-electron chi connectivity index (χ4n) is 2.05. The zero-order chi connectivity index (χ0) is 13.0. The third-order valence-electron chi connectivity index (χ3n) is 3.34. The van der Waals surface area contributed by atoms with Crippen molar-refractivity contribution in [3.8, 4) is 0 Å². The minimum Gasteiger partial charge on any atom is -0.378 e. The number of aromatic nitrogens is 1. The van der Waals surface area contributed by atoms with Gasteiger partial charge in [-0.15, -0.1) is 0 Å². The van der Waals surface area contributed by atoms with Crippen molar-refractivity contribution >= 4 is 11.7 Å². The van der Waals surface area contributed by atoms with Crippen LogP contribution in [0.5, 0.6) is 0 Å². The average Bonchev–Trinajstić information content (AvgIpc) is 2.81. The van der Waals surface area contributed by atoms with Crippen molar-refractivity contribution in [3.63, 3.8) is 0 Å². The Morgan fingerprint density at radius 1 is 1.56 bits per heavy atom. The van der Waals surface area contributed by atoms with Gasteiger partial charge in [0.1, 0.15) is 5.82 Å². The van der Waals surface area contributed by atoms with Crippen molar-refractivity contribution in [3.05, 3.63) is 23.9 Å². The van der Waals surface area contributed by atoms with Crippen LogP contribution in [0.4, 0.5) is 5.82 Å². The van der Waals surface area contributed by atoms with Gasteiger partial charge < -0.3 is 15.4 Å². The summed E-state index contributed by atoms with van der Waals surface area (Å²) in [5.74, 6) is 1.09. The van der Waals surface area contributed by atoms with Crippen LogP contribution in [0, 0.1) is 5.92 Å². The third-order valence-corrected chi connectivity index (χ3v) is 3.34. The SMILES string of the molecule is CNc1ccc(C(=O)NCC2CCOC2C)cn1. The second kappa shape index (κ2) is 5.82. The van der Waals surface area contributed by atoms with Crippen molar-refractivity contribution < 1.29 is 9.53 Å². The molecule has 0 bridgehead atoms. The van der Waals surface area contributed by atoms with Gasteiger partial charge in [0.05, 0.1) is 11.7 Å². The number of pyridine rings is 1. The molecule has 98 valence electrons. The summed E-state index contributed by atoms with van der Waals surface area (Å²) in [6.45, 7) is 3.50. The zero-order valence-corrected chi connectivity index (χ0v) is 10.8. The lowest BCUT2D eigenvalue weighted by Gasteiger charge is -2.14. The van der Waals surface area contributed by atoms with Gasteiger partial charge >= 0.3 is 0 Å². The van der Waals surface area contributed by atoms with Crippen LogP contribution >= 0.6 is 0 Å². The van der Waals surface area contributed by atoms with E-state index in [1.54, 1.807) is 25.4 Å². The second-order valence-corrected chi connectivity index (χ2v) is 4.52. The molecule has 2 rings (SSSR count). The first-order chi connectivity index (χ1) is 8.70. The van der Waals surface area contributed by atoms with Crippen LogP contribution in [0.15, 0.2) is 18.3 Å². The summed E-state index contributed by atoms with van der Waals surface area (Å²) in [5.41, 5.74) is 0.584. The van der Waals surface area contributed by atoms with Crippen LogP contribution in [0.1, 0.15) is 23.7 Å². The van der Waals surface area contributed by atoms with E-state index in [4.69, 9.17) is 4.74 Å². The van der Waals surface area contributed by atoms with Crippen LogP contribution in [0.25, 0.3) is 0 Å². The number of amides is 1. The lowest BCUT2D eigenvalue weighted by molar-refractivity contribution is 0.0907. The molecule has 2 N–H and O–H groups in total. The van der Waals surface area contributed by atoms with Crippen LogP contribution in [-0.2, 0) is 4.74 Å². The maximum absolute atomic E-state index is 11.9. The highest BCUT2D eigenvalue weighted by Gasteiger charge is 2.24. The highest BCUT2D eigenvalue weighted by molar-refractivity contribution is 5.94. The molecule has 2 atom stereocenters. The minimum absolute atomic E-state index is 0.0794. The van der Waals surface area contributed by atoms with Crippen molar-refractivity contribution in [2.24, 2.45) is 5.92 Å². The Hall–Kier alpha value is -1.62. The van der Waals surface area contributed by atoms with Gasteiger partial charge in [-0.05, 0) is 25.5 Å². The molecular weight excluding hydrogens is 230 g/mol. The van der Waals surface area contributed by atoms with Gasteiger partial charge in [0.15, 0.2) is 0 Å². The van der Waals surface area contributed by atoms with E-state index in [9.17, 15) is 4.79 Å². The van der Waals surface area contributed by atoms with Gasteiger partial charge in [-0.3, -0.25) is 4.79 Å². The van der Waals surface area contributed by atoms with E-state index in [0.29, 0.717) is 18.0 Å². The van der Waals surface area contributed by atoms with E-state index in [1.165, 1.54) is 0 Å². The number of nitrogens with one attached hydrogen (secondary N) is 2. The lowest BCUT2D eigenvalue weighted by atomic mass is 10.0. The van der Waals surface area contributed by atoms with Crippen LogP contribution in [0.3, 0.4) is 0 Å². The largest absolute Gasteiger partial charge is 0.378 e. The molecule has 2 unspecified atom stereocenters. The summed E-state index contributed by atoms with van der Waals surface area (Å²) in [6, 6.07) is 3.55. The molecule has 1 saturated heterocycles. The quantitative estimate of drug-likeness (QED) is 0.843. The highest BCUT2D eigenvalue weighted by atomic mass is 16.5. The number of nitrogens with zero attached hydrogens (tertiary/aromatic N) is 1. The molecule has 0 spiro atoms. The summed E-state index contributed by atoms with van der Waals surface area (Å²) < 4.78 is 5.46. The topological polar surface area (TPSA) is 63.2 Å². The fraction of sp³-hybridized carbons (Fsp3) is 0.538. The average molecular weight is 249 g/mol. The smallest absolute Gasteiger partial charge is 0.252 e. The van der Waals surface area contributed by atoms with Gasteiger partial charge in [-0.1, -0.05) is 0 Å². The Labute approximate surface area is 107 Å². The second-order valence-electron chi connectivity index (χ2n) is 4.52. The Morgan fingerprint density at radius 3 is 2.94 bits per heavy atom. The summed E-state index contributed by atoms with van der Waals surface area (Å²) >= 11 is 0. The minimum atomic E-state index is -0.0794. The molecule has 5 nitrogen and oxygen atoms in total. The van der Waals surface area contributed by atoms with E-state index in [2.05, 4.69) is 15.6 Å². The monoisotopic (exact) mass is 249 g/mol. The van der Waals surface area contributed by atoms with E-state index >= 15 is 0 Å². The number of ether oxygens (including phenoxy) is 1. The third kappa shape index (κ3) is 2.98. The maximum Gasteiger partial charge on any atom is 0.252 e. The summed E-state index contributed by atoms with van der Waals surface area (Å²) in [7, 11) is 1.80. The first-order valence-electron chi connectivity index (χ1n) is 6.24. The van der Waals surface area contributed by atoms with Crippen LogP contribution in [-0.4, -0.2) is 37.2 Å². The normalized spacial score (nSPS) is 22.8. The Bertz CT molecular complexity index is 405. The molecule has 1 fully saturated rings. The molecule has 0 aromatic carbocycles. The van der Waals surface area contributed by atoms with E-state index in [1.807, 2.05) is 6.92 Å². The first-order valence-corrected chi connectivity index (χ1v) is 6.24. The fourth-order valence-corrected chi connectivity index (χ4v) is 2.05. The lowest BCUT2D eigenvalue weighted by Crippen LogP contribution is -2.32. The summed E-state index contributed by atoms with van der Waals surface area (Å²) in [6.07, 6.45) is 2.82. The predicted octanol–water partition coefficient (Wildman–Crippen LogP) is 1.28. The molecule has 0 aliphatic carbocycles. The molecule has 1 aliphatic heterocycles. The number of hydrogen-bond donors (Lipinski definition) is 2. The maximum atomic E-state index is 11.9. The van der Waals surface area contributed by atoms with Gasteiger partial charge in [-0.25, -0.2) is 4.98 Å². The molecule has 2 heterocycles. The van der Waals surface area contributed by atoms with Crippen LogP contribution in [0.2, 0.25) is 0 Å². The molecule has 1 aromatic heterocycles. The standard InChI is InChI=1S/C13H19N3O2/c1-9-10(5-6-18-9)7-16-13(17)11-3-4-12(14-2)15-8-11/h3-4,8-10H,5-7H2,1-2H3,(H,14,15)(H,16,17). The number of rotatable bonds is 4. The highest BCUT2D eigenvalue weighted by Crippen LogP contribution is 2.19. The molecule has 18 heavy (non-hydrogen) atoms. The van der Waals surface area contributed by atoms with Gasteiger partial charge in [0, 0.05) is 32.3 Å². The van der Waals surface area contributed by atoms with E-state index in [0.717, 1.165) is 18.8 Å².